The number of nitriles is 1. The zero-order chi connectivity index (χ0) is 14.7. The van der Waals surface area contributed by atoms with Gasteiger partial charge in [-0.05, 0) is 30.9 Å². The van der Waals surface area contributed by atoms with Gasteiger partial charge in [0.15, 0.2) is 0 Å². The Balaban J connectivity index is 1.68. The van der Waals surface area contributed by atoms with E-state index in [0.29, 0.717) is 13.0 Å². The number of nitrogens with one attached hydrogen (secondary N) is 1. The van der Waals surface area contributed by atoms with Crippen molar-refractivity contribution in [3.63, 3.8) is 0 Å². The van der Waals surface area contributed by atoms with Crippen LogP contribution in [-0.4, -0.2) is 18.1 Å². The first-order valence-corrected chi connectivity index (χ1v) is 7.66. The number of ether oxygens (including phenoxy) is 1. The molecule has 1 aromatic carbocycles. The number of hydrogen-bond acceptors (Lipinski definition) is 3. The van der Waals surface area contributed by atoms with Crippen LogP contribution in [0.2, 0.25) is 0 Å². The molecule has 0 bridgehead atoms. The molecule has 1 N–H and O–H groups in total. The molecule has 1 atom stereocenters. The summed E-state index contributed by atoms with van der Waals surface area (Å²) in [7, 11) is 0. The lowest BCUT2D eigenvalue weighted by Gasteiger charge is -2.34. The van der Waals surface area contributed by atoms with Crippen LogP contribution in [0.1, 0.15) is 37.7 Å². The zero-order valence-corrected chi connectivity index (χ0v) is 12.1. The van der Waals surface area contributed by atoms with Gasteiger partial charge in [-0.2, -0.15) is 5.26 Å². The molecule has 4 nitrogen and oxygen atoms in total. The molecule has 1 saturated carbocycles. The topological polar surface area (TPSA) is 62.1 Å². The van der Waals surface area contributed by atoms with Crippen molar-refractivity contribution in [1.82, 2.24) is 5.32 Å². The Morgan fingerprint density at radius 1 is 1.29 bits per heavy atom. The molecule has 1 unspecified atom stereocenters. The van der Waals surface area contributed by atoms with Gasteiger partial charge in [-0.15, -0.1) is 0 Å². The van der Waals surface area contributed by atoms with Gasteiger partial charge in [0, 0.05) is 0 Å². The quantitative estimate of drug-likeness (QED) is 0.908. The van der Waals surface area contributed by atoms with E-state index >= 15 is 0 Å². The van der Waals surface area contributed by atoms with E-state index in [0.717, 1.165) is 43.4 Å². The van der Waals surface area contributed by atoms with Gasteiger partial charge < -0.3 is 10.1 Å². The summed E-state index contributed by atoms with van der Waals surface area (Å²) in [4.78, 5) is 12.5. The van der Waals surface area contributed by atoms with Gasteiger partial charge in [0.2, 0.25) is 5.91 Å². The summed E-state index contributed by atoms with van der Waals surface area (Å²) < 4.78 is 5.67. The molecule has 110 valence electrons. The van der Waals surface area contributed by atoms with Gasteiger partial charge >= 0.3 is 0 Å². The molecule has 21 heavy (non-hydrogen) atoms. The van der Waals surface area contributed by atoms with Crippen molar-refractivity contribution >= 4 is 5.91 Å². The van der Waals surface area contributed by atoms with E-state index in [2.05, 4.69) is 11.4 Å². The standard InChI is InChI=1S/C17H20N2O2/c18-12-17(8-4-1-5-9-17)19-16(20)14-10-13-6-2-3-7-15(13)21-11-14/h2-3,6-7,14H,1,4-5,8-11H2,(H,19,20). The predicted octanol–water partition coefficient (Wildman–Crippen LogP) is 2.58. The summed E-state index contributed by atoms with van der Waals surface area (Å²) in [6.07, 6.45) is 5.39. The Kier molecular flexibility index (Phi) is 3.83. The summed E-state index contributed by atoms with van der Waals surface area (Å²) in [5.41, 5.74) is 0.408. The number of carbonyl (C=O) groups is 1. The van der Waals surface area contributed by atoms with E-state index in [1.807, 2.05) is 24.3 Å². The molecular formula is C17H20N2O2. The minimum absolute atomic E-state index is 0.0482. The normalized spacial score (nSPS) is 23.3. The Hall–Kier alpha value is -2.02. The SMILES string of the molecule is N#CC1(NC(=O)C2COc3ccccc3C2)CCCCC1. The predicted molar refractivity (Wildman–Crippen MR) is 78.7 cm³/mol. The number of nitrogens with zero attached hydrogens (tertiary/aromatic N) is 1. The maximum Gasteiger partial charge on any atom is 0.228 e. The Morgan fingerprint density at radius 2 is 2.05 bits per heavy atom. The van der Waals surface area contributed by atoms with Crippen LogP contribution in [-0.2, 0) is 11.2 Å². The monoisotopic (exact) mass is 284 g/mol. The molecule has 1 amide bonds. The van der Waals surface area contributed by atoms with Gasteiger partial charge in [-0.3, -0.25) is 4.79 Å². The zero-order valence-electron chi connectivity index (χ0n) is 12.1. The van der Waals surface area contributed by atoms with E-state index in [4.69, 9.17) is 4.74 Å². The van der Waals surface area contributed by atoms with Crippen molar-refractivity contribution in [1.29, 1.82) is 5.26 Å². The van der Waals surface area contributed by atoms with Crippen LogP contribution in [0.4, 0.5) is 0 Å². The second-order valence-electron chi connectivity index (χ2n) is 6.06. The van der Waals surface area contributed by atoms with E-state index in [1.54, 1.807) is 0 Å². The second-order valence-corrected chi connectivity index (χ2v) is 6.06. The van der Waals surface area contributed by atoms with Gasteiger partial charge in [0.05, 0.1) is 12.0 Å². The average Bonchev–Trinajstić information content (AvgIpc) is 2.55. The molecule has 0 radical (unpaired) electrons. The molecule has 2 aliphatic rings. The first-order chi connectivity index (χ1) is 10.2. The van der Waals surface area contributed by atoms with E-state index in [9.17, 15) is 10.1 Å². The lowest BCUT2D eigenvalue weighted by Crippen LogP contribution is -2.52. The largest absolute Gasteiger partial charge is 0.492 e. The van der Waals surface area contributed by atoms with Crippen molar-refractivity contribution in [3.8, 4) is 11.8 Å². The first kappa shape index (κ1) is 13.9. The van der Waals surface area contributed by atoms with Crippen molar-refractivity contribution in [2.24, 2.45) is 5.92 Å². The minimum atomic E-state index is -0.660. The molecule has 4 heteroatoms. The summed E-state index contributed by atoms with van der Waals surface area (Å²) in [6.45, 7) is 0.393. The maximum atomic E-state index is 12.5. The van der Waals surface area contributed by atoms with Gasteiger partial charge in [0.25, 0.3) is 0 Å². The number of fused-ring (bicyclic) bond motifs is 1. The van der Waals surface area contributed by atoms with Crippen LogP contribution in [0.15, 0.2) is 24.3 Å². The number of benzene rings is 1. The fourth-order valence-corrected chi connectivity index (χ4v) is 3.25. The highest BCUT2D eigenvalue weighted by molar-refractivity contribution is 5.80. The smallest absolute Gasteiger partial charge is 0.228 e. The molecule has 0 aromatic heterocycles. The summed E-state index contributed by atoms with van der Waals surface area (Å²) in [6, 6.07) is 10.2. The second kappa shape index (κ2) is 5.77. The first-order valence-electron chi connectivity index (χ1n) is 7.66. The number of para-hydroxylation sites is 1. The summed E-state index contributed by atoms with van der Waals surface area (Å²) in [5.74, 6) is 0.620. The third-order valence-corrected chi connectivity index (χ3v) is 4.53. The number of amides is 1. The van der Waals surface area contributed by atoms with Crippen LogP contribution < -0.4 is 10.1 Å². The van der Waals surface area contributed by atoms with Gasteiger partial charge in [-0.1, -0.05) is 37.5 Å². The van der Waals surface area contributed by atoms with Crippen LogP contribution >= 0.6 is 0 Å². The van der Waals surface area contributed by atoms with E-state index in [-0.39, 0.29) is 11.8 Å². The number of hydrogen-bond donors (Lipinski definition) is 1. The lowest BCUT2D eigenvalue weighted by molar-refractivity contribution is -0.128. The van der Waals surface area contributed by atoms with E-state index < -0.39 is 5.54 Å². The molecule has 1 aromatic rings. The van der Waals surface area contributed by atoms with Crippen molar-refractivity contribution in [3.05, 3.63) is 29.8 Å². The van der Waals surface area contributed by atoms with Crippen molar-refractivity contribution < 1.29 is 9.53 Å². The highest BCUT2D eigenvalue weighted by Crippen LogP contribution is 2.30. The third kappa shape index (κ3) is 2.87. The average molecular weight is 284 g/mol. The third-order valence-electron chi connectivity index (χ3n) is 4.53. The Bertz CT molecular complexity index is 570. The Labute approximate surface area is 125 Å². The van der Waals surface area contributed by atoms with Crippen LogP contribution in [0.5, 0.6) is 5.75 Å². The Morgan fingerprint density at radius 3 is 2.81 bits per heavy atom. The lowest BCUT2D eigenvalue weighted by atomic mass is 9.82. The highest BCUT2D eigenvalue weighted by atomic mass is 16.5. The fraction of sp³-hybridized carbons (Fsp3) is 0.529. The summed E-state index contributed by atoms with van der Waals surface area (Å²) in [5, 5.41) is 12.5. The van der Waals surface area contributed by atoms with Crippen molar-refractivity contribution in [2.75, 3.05) is 6.61 Å². The summed E-state index contributed by atoms with van der Waals surface area (Å²) >= 11 is 0. The molecule has 1 fully saturated rings. The number of carbonyl (C=O) groups excluding carboxylic acids is 1. The highest BCUT2D eigenvalue weighted by Gasteiger charge is 2.36. The molecule has 1 aliphatic heterocycles. The van der Waals surface area contributed by atoms with Crippen LogP contribution in [0.25, 0.3) is 0 Å². The minimum Gasteiger partial charge on any atom is -0.492 e. The van der Waals surface area contributed by atoms with Gasteiger partial charge in [-0.25, -0.2) is 0 Å². The number of rotatable bonds is 2. The van der Waals surface area contributed by atoms with Crippen molar-refractivity contribution in [2.45, 2.75) is 44.1 Å². The molecule has 0 spiro atoms. The van der Waals surface area contributed by atoms with Gasteiger partial charge in [0.1, 0.15) is 17.9 Å². The van der Waals surface area contributed by atoms with E-state index in [1.165, 1.54) is 0 Å². The fourth-order valence-electron chi connectivity index (χ4n) is 3.25. The molecule has 0 saturated heterocycles. The maximum absolute atomic E-state index is 12.5. The molecule has 1 heterocycles. The molecule has 3 rings (SSSR count). The van der Waals surface area contributed by atoms with Crippen LogP contribution in [0.3, 0.4) is 0 Å². The molecule has 1 aliphatic carbocycles. The molecular weight excluding hydrogens is 264 g/mol. The van der Waals surface area contributed by atoms with Crippen LogP contribution in [0, 0.1) is 17.2 Å².